The molecular formula is C32H43FN6O3. The van der Waals surface area contributed by atoms with E-state index in [9.17, 15) is 14.4 Å². The predicted octanol–water partition coefficient (Wildman–Crippen LogP) is 4.04. The zero-order valence-corrected chi connectivity index (χ0v) is 24.9. The van der Waals surface area contributed by atoms with Crippen molar-refractivity contribution in [3.63, 3.8) is 0 Å². The van der Waals surface area contributed by atoms with Gasteiger partial charge >= 0.3 is 0 Å². The minimum absolute atomic E-state index is 0.0371. The predicted molar refractivity (Wildman–Crippen MR) is 157 cm³/mol. The molecule has 10 heteroatoms. The molecule has 226 valence electrons. The molecule has 0 radical (unpaired) electrons. The van der Waals surface area contributed by atoms with Crippen LogP contribution in [0.2, 0.25) is 0 Å². The van der Waals surface area contributed by atoms with Crippen LogP contribution in [0.1, 0.15) is 80.4 Å². The highest BCUT2D eigenvalue weighted by molar-refractivity contribution is 6.01. The second kappa shape index (κ2) is 11.8. The summed E-state index contributed by atoms with van der Waals surface area (Å²) in [5.74, 6) is -0.806. The lowest BCUT2D eigenvalue weighted by Gasteiger charge is -2.35. The highest BCUT2D eigenvalue weighted by Gasteiger charge is 2.48. The summed E-state index contributed by atoms with van der Waals surface area (Å²) in [4.78, 5) is 44.4. The van der Waals surface area contributed by atoms with Crippen molar-refractivity contribution in [2.45, 2.75) is 70.4 Å². The van der Waals surface area contributed by atoms with Crippen LogP contribution in [0.3, 0.4) is 0 Å². The molecule has 0 unspecified atom stereocenters. The maximum atomic E-state index is 15.5. The fraction of sp³-hybridized carbons (Fsp3) is 0.625. The van der Waals surface area contributed by atoms with Crippen molar-refractivity contribution < 1.29 is 18.8 Å². The molecule has 9 nitrogen and oxygen atoms in total. The maximum absolute atomic E-state index is 15.5. The molecule has 2 N–H and O–H groups in total. The molecule has 0 spiro atoms. The van der Waals surface area contributed by atoms with Crippen LogP contribution >= 0.6 is 0 Å². The van der Waals surface area contributed by atoms with Gasteiger partial charge in [0.05, 0.1) is 11.7 Å². The standard InChI is InChI=1S/C32H43FN6O3/c1-19(20(2)32(42)38-16-14-37(3)15-17-38)23-8-11-26(25(33)18-23)35-31(41)29(28(21-4-5-21)22-6-7-22)36-30(40)27-12-13-34-39(27)24-9-10-24/h8,11-13,18-22,24,28-29H,4-7,9-10,14-17H2,1-3H3,(H,35,41)(H,36,40)/t19-,20-,29+/m1/s1. The van der Waals surface area contributed by atoms with Gasteiger partial charge in [0, 0.05) is 38.3 Å². The van der Waals surface area contributed by atoms with Gasteiger partial charge in [-0.2, -0.15) is 5.10 Å². The molecular weight excluding hydrogens is 535 g/mol. The topological polar surface area (TPSA) is 99.6 Å². The smallest absolute Gasteiger partial charge is 0.270 e. The first-order valence-corrected chi connectivity index (χ1v) is 15.6. The lowest BCUT2D eigenvalue weighted by molar-refractivity contribution is -0.137. The van der Waals surface area contributed by atoms with Crippen molar-refractivity contribution in [1.29, 1.82) is 0 Å². The first kappa shape index (κ1) is 28.8. The summed E-state index contributed by atoms with van der Waals surface area (Å²) in [5, 5.41) is 10.2. The monoisotopic (exact) mass is 578 g/mol. The van der Waals surface area contributed by atoms with Crippen LogP contribution in [0, 0.1) is 29.5 Å². The number of benzene rings is 1. The Balaban J connectivity index is 1.15. The molecule has 4 fully saturated rings. The lowest BCUT2D eigenvalue weighted by Crippen LogP contribution is -2.50. The Kier molecular flexibility index (Phi) is 8.09. The molecule has 0 bridgehead atoms. The number of hydrogen-bond donors (Lipinski definition) is 2. The van der Waals surface area contributed by atoms with Gasteiger partial charge in [-0.25, -0.2) is 4.39 Å². The van der Waals surface area contributed by atoms with Crippen LogP contribution in [-0.2, 0) is 9.59 Å². The summed E-state index contributed by atoms with van der Waals surface area (Å²) in [6, 6.07) is 5.98. The molecule has 3 atom stereocenters. The molecule has 2 aromatic rings. The number of carbonyl (C=O) groups excluding carboxylic acids is 3. The largest absolute Gasteiger partial charge is 0.340 e. The van der Waals surface area contributed by atoms with Gasteiger partial charge in [-0.1, -0.05) is 19.9 Å². The Labute approximate surface area is 247 Å². The van der Waals surface area contributed by atoms with E-state index in [2.05, 4.69) is 27.7 Å². The number of anilines is 1. The number of rotatable bonds is 11. The summed E-state index contributed by atoms with van der Waals surface area (Å²) >= 11 is 0. The zero-order chi connectivity index (χ0) is 29.5. The van der Waals surface area contributed by atoms with Gasteiger partial charge in [0.1, 0.15) is 17.6 Å². The minimum Gasteiger partial charge on any atom is -0.340 e. The summed E-state index contributed by atoms with van der Waals surface area (Å²) in [7, 11) is 2.05. The molecule has 1 aromatic carbocycles. The zero-order valence-electron chi connectivity index (χ0n) is 24.9. The number of piperazine rings is 1. The van der Waals surface area contributed by atoms with E-state index in [1.54, 1.807) is 29.1 Å². The summed E-state index contributed by atoms with van der Waals surface area (Å²) < 4.78 is 17.2. The number of likely N-dealkylation sites (N-methyl/N-ethyl adjacent to an activating group) is 1. The van der Waals surface area contributed by atoms with E-state index in [0.29, 0.717) is 36.2 Å². The first-order valence-electron chi connectivity index (χ1n) is 15.6. The van der Waals surface area contributed by atoms with Crippen molar-refractivity contribution >= 4 is 23.4 Å². The van der Waals surface area contributed by atoms with Crippen LogP contribution in [-0.4, -0.2) is 76.6 Å². The number of hydrogen-bond acceptors (Lipinski definition) is 5. The number of nitrogens with zero attached hydrogens (tertiary/aromatic N) is 4. The van der Waals surface area contributed by atoms with E-state index in [4.69, 9.17) is 0 Å². The average Bonchev–Trinajstić information content (AvgIpc) is 3.85. The quantitative estimate of drug-likeness (QED) is 0.419. The van der Waals surface area contributed by atoms with Crippen molar-refractivity contribution in [2.24, 2.45) is 23.7 Å². The van der Waals surface area contributed by atoms with E-state index >= 15 is 4.39 Å². The van der Waals surface area contributed by atoms with Gasteiger partial charge in [0.25, 0.3) is 5.91 Å². The van der Waals surface area contributed by atoms with Gasteiger partial charge in [-0.3, -0.25) is 19.1 Å². The van der Waals surface area contributed by atoms with Crippen molar-refractivity contribution in [3.8, 4) is 0 Å². The van der Waals surface area contributed by atoms with E-state index in [-0.39, 0.29) is 47.2 Å². The Morgan fingerprint density at radius 2 is 1.62 bits per heavy atom. The SMILES string of the molecule is C[C@@H](C(=O)N1CCN(C)CC1)[C@@H](C)c1ccc(NC(=O)[C@@H](NC(=O)c2ccnn2C2CC2)C(C2CC2)C2CC2)c(F)c1. The molecule has 42 heavy (non-hydrogen) atoms. The van der Waals surface area contributed by atoms with Crippen LogP contribution < -0.4 is 10.6 Å². The first-order chi connectivity index (χ1) is 20.2. The molecule has 1 aromatic heterocycles. The van der Waals surface area contributed by atoms with E-state index in [1.807, 2.05) is 18.7 Å². The van der Waals surface area contributed by atoms with Gasteiger partial charge in [0.15, 0.2) is 0 Å². The molecule has 3 aliphatic carbocycles. The maximum Gasteiger partial charge on any atom is 0.270 e. The van der Waals surface area contributed by atoms with Crippen LogP contribution in [0.5, 0.6) is 0 Å². The molecule has 2 heterocycles. The van der Waals surface area contributed by atoms with Crippen LogP contribution in [0.15, 0.2) is 30.5 Å². The van der Waals surface area contributed by atoms with Crippen molar-refractivity contribution in [2.75, 3.05) is 38.5 Å². The highest BCUT2D eigenvalue weighted by Crippen LogP contribution is 2.51. The summed E-state index contributed by atoms with van der Waals surface area (Å²) in [5.41, 5.74) is 1.26. The Morgan fingerprint density at radius 1 is 0.952 bits per heavy atom. The molecule has 3 saturated carbocycles. The van der Waals surface area contributed by atoms with E-state index in [1.165, 1.54) is 6.07 Å². The minimum atomic E-state index is -0.751. The number of nitrogens with one attached hydrogen (secondary N) is 2. The normalized spacial score (nSPS) is 21.6. The molecule has 1 aliphatic heterocycles. The molecule has 3 amide bonds. The number of halogens is 1. The highest BCUT2D eigenvalue weighted by atomic mass is 19.1. The third kappa shape index (κ3) is 6.23. The number of aromatic nitrogens is 2. The van der Waals surface area contributed by atoms with Gasteiger partial charge in [0.2, 0.25) is 11.8 Å². The third-order valence-electron chi connectivity index (χ3n) is 9.81. The number of amides is 3. The number of carbonyl (C=O) groups is 3. The summed E-state index contributed by atoms with van der Waals surface area (Å²) in [6.07, 6.45) is 7.81. The molecule has 4 aliphatic rings. The fourth-order valence-electron chi connectivity index (χ4n) is 6.49. The van der Waals surface area contributed by atoms with Crippen LogP contribution in [0.25, 0.3) is 0 Å². The molecule has 1 saturated heterocycles. The van der Waals surface area contributed by atoms with E-state index in [0.717, 1.165) is 51.6 Å². The van der Waals surface area contributed by atoms with Gasteiger partial charge in [-0.15, -0.1) is 0 Å². The fourth-order valence-corrected chi connectivity index (χ4v) is 6.49. The van der Waals surface area contributed by atoms with E-state index < -0.39 is 11.9 Å². The third-order valence-corrected chi connectivity index (χ3v) is 9.81. The average molecular weight is 579 g/mol. The van der Waals surface area contributed by atoms with Crippen molar-refractivity contribution in [3.05, 3.63) is 47.5 Å². The summed E-state index contributed by atoms with van der Waals surface area (Å²) in [6.45, 7) is 6.95. The lowest BCUT2D eigenvalue weighted by atomic mass is 9.87. The second-order valence-electron chi connectivity index (χ2n) is 13.0. The van der Waals surface area contributed by atoms with Gasteiger partial charge < -0.3 is 20.4 Å². The Hall–Kier alpha value is -3.27. The Bertz CT molecular complexity index is 1310. The van der Waals surface area contributed by atoms with Gasteiger partial charge in [-0.05, 0) is 93.0 Å². The molecule has 6 rings (SSSR count). The van der Waals surface area contributed by atoms with Crippen molar-refractivity contribution in [1.82, 2.24) is 24.9 Å². The van der Waals surface area contributed by atoms with Crippen LogP contribution in [0.4, 0.5) is 10.1 Å². The second-order valence-corrected chi connectivity index (χ2v) is 13.0. The Morgan fingerprint density at radius 3 is 2.21 bits per heavy atom.